The minimum atomic E-state index is 0.0481. The lowest BCUT2D eigenvalue weighted by atomic mass is 9.99. The van der Waals surface area contributed by atoms with Gasteiger partial charge in [-0.3, -0.25) is 9.88 Å². The first-order valence-corrected chi connectivity index (χ1v) is 11.3. The number of hydrogen-bond donors (Lipinski definition) is 1. The molecule has 0 bridgehead atoms. The largest absolute Gasteiger partial charge is 0.379 e. The molecule has 0 unspecified atom stereocenters. The summed E-state index contributed by atoms with van der Waals surface area (Å²) < 4.78 is 7.75. The Bertz CT molecular complexity index is 841. The van der Waals surface area contributed by atoms with Crippen LogP contribution in [0.3, 0.4) is 0 Å². The summed E-state index contributed by atoms with van der Waals surface area (Å²) in [5.74, 6) is 0. The van der Waals surface area contributed by atoms with Gasteiger partial charge in [-0.05, 0) is 63.2 Å². The highest BCUT2D eigenvalue weighted by Crippen LogP contribution is 2.39. The summed E-state index contributed by atoms with van der Waals surface area (Å²) >= 11 is 5.79. The molecule has 0 aliphatic carbocycles. The van der Waals surface area contributed by atoms with Gasteiger partial charge in [-0.15, -0.1) is 0 Å². The predicted molar refractivity (Wildman–Crippen MR) is 123 cm³/mol. The van der Waals surface area contributed by atoms with Crippen molar-refractivity contribution in [3.05, 3.63) is 54.1 Å². The van der Waals surface area contributed by atoms with Gasteiger partial charge in [0.2, 0.25) is 0 Å². The number of hydrogen-bond acceptors (Lipinski definition) is 4. The third kappa shape index (κ3) is 4.68. The zero-order chi connectivity index (χ0) is 21.1. The summed E-state index contributed by atoms with van der Waals surface area (Å²) in [6, 6.07) is 8.52. The average molecular weight is 428 g/mol. The van der Waals surface area contributed by atoms with Crippen LogP contribution in [0.4, 0.5) is 0 Å². The Morgan fingerprint density at radius 2 is 1.97 bits per heavy atom. The number of ether oxygens (including phenoxy) is 1. The highest BCUT2D eigenvalue weighted by Gasteiger charge is 2.40. The van der Waals surface area contributed by atoms with Gasteiger partial charge < -0.3 is 19.5 Å². The van der Waals surface area contributed by atoms with Crippen LogP contribution < -0.4 is 5.32 Å². The van der Waals surface area contributed by atoms with Crippen LogP contribution in [0.1, 0.15) is 50.5 Å². The topological polar surface area (TPSA) is 45.6 Å². The van der Waals surface area contributed by atoms with Crippen molar-refractivity contribution < 1.29 is 4.74 Å². The first-order valence-electron chi connectivity index (χ1n) is 10.9. The average Bonchev–Trinajstić information content (AvgIpc) is 3.35. The second kappa shape index (κ2) is 9.04. The van der Waals surface area contributed by atoms with Crippen LogP contribution in [-0.4, -0.2) is 63.9 Å². The van der Waals surface area contributed by atoms with E-state index in [0.29, 0.717) is 0 Å². The number of rotatable bonds is 6. The minimum Gasteiger partial charge on any atom is -0.379 e. The van der Waals surface area contributed by atoms with Gasteiger partial charge in [0.1, 0.15) is 0 Å². The van der Waals surface area contributed by atoms with Crippen molar-refractivity contribution in [3.63, 3.8) is 0 Å². The molecule has 0 saturated carbocycles. The summed E-state index contributed by atoms with van der Waals surface area (Å²) in [6.07, 6.45) is 7.38. The maximum atomic E-state index is 5.79. The van der Waals surface area contributed by atoms with Gasteiger partial charge in [-0.1, -0.05) is 6.07 Å². The summed E-state index contributed by atoms with van der Waals surface area (Å²) in [4.78, 5) is 9.48. The zero-order valence-corrected chi connectivity index (χ0v) is 19.1. The normalized spacial score (nSPS) is 23.0. The van der Waals surface area contributed by atoms with E-state index in [2.05, 4.69) is 70.0 Å². The molecule has 6 nitrogen and oxygen atoms in total. The summed E-state index contributed by atoms with van der Waals surface area (Å²) in [7, 11) is 0. The number of nitrogens with one attached hydrogen (secondary N) is 1. The van der Waals surface area contributed by atoms with Crippen molar-refractivity contribution in [3.8, 4) is 0 Å². The monoisotopic (exact) mass is 427 g/mol. The molecule has 0 radical (unpaired) electrons. The third-order valence-electron chi connectivity index (χ3n) is 6.01. The molecule has 0 spiro atoms. The molecule has 2 saturated heterocycles. The predicted octanol–water partition coefficient (Wildman–Crippen LogP) is 3.33. The highest BCUT2D eigenvalue weighted by atomic mass is 32.1. The fraction of sp³-hybridized carbons (Fsp3) is 0.565. The molecule has 30 heavy (non-hydrogen) atoms. The number of pyridine rings is 1. The SMILES string of the molecule is CC(C)(C)n1ccc([C@H]2[C@H](c3ccccn3)NC(=S)N2CCCN2CCOCC2)c1. The Kier molecular flexibility index (Phi) is 6.41. The van der Waals surface area contributed by atoms with E-state index in [9.17, 15) is 0 Å². The molecule has 7 heteroatoms. The standard InChI is InChI=1S/C23H33N5OS/c1-23(2,3)27-12-8-18(17-27)21-20(19-7-4-5-9-24-19)25-22(30)28(21)11-6-10-26-13-15-29-16-14-26/h4-5,7-9,12,17,20-21H,6,10-11,13-16H2,1-3H3,(H,25,30)/t20-,21-/m0/s1. The van der Waals surface area contributed by atoms with Crippen LogP contribution >= 0.6 is 12.2 Å². The first kappa shape index (κ1) is 21.3. The lowest BCUT2D eigenvalue weighted by Crippen LogP contribution is -2.38. The fourth-order valence-corrected chi connectivity index (χ4v) is 4.64. The Hall–Kier alpha value is -1.96. The van der Waals surface area contributed by atoms with Crippen LogP contribution in [0, 0.1) is 0 Å². The van der Waals surface area contributed by atoms with Crippen molar-refractivity contribution in [1.82, 2.24) is 24.7 Å². The number of nitrogens with zero attached hydrogens (tertiary/aromatic N) is 4. The second-order valence-corrected chi connectivity index (χ2v) is 9.54. The first-order chi connectivity index (χ1) is 14.4. The van der Waals surface area contributed by atoms with Gasteiger partial charge in [0.25, 0.3) is 0 Å². The van der Waals surface area contributed by atoms with E-state index in [0.717, 1.165) is 56.6 Å². The van der Waals surface area contributed by atoms with Gasteiger partial charge in [-0.25, -0.2) is 0 Å². The Morgan fingerprint density at radius 1 is 1.17 bits per heavy atom. The van der Waals surface area contributed by atoms with E-state index in [1.165, 1.54) is 5.56 Å². The summed E-state index contributed by atoms with van der Waals surface area (Å²) in [5, 5.41) is 4.38. The highest BCUT2D eigenvalue weighted by molar-refractivity contribution is 7.80. The number of aromatic nitrogens is 2. The molecule has 0 amide bonds. The van der Waals surface area contributed by atoms with E-state index in [1.54, 1.807) is 0 Å². The van der Waals surface area contributed by atoms with E-state index < -0.39 is 0 Å². The second-order valence-electron chi connectivity index (χ2n) is 9.15. The fourth-order valence-electron chi connectivity index (χ4n) is 4.30. The molecule has 2 aliphatic rings. The van der Waals surface area contributed by atoms with Crippen molar-refractivity contribution in [2.24, 2.45) is 0 Å². The molecule has 0 aromatic carbocycles. The molecule has 2 fully saturated rings. The number of thiocarbonyl (C=S) groups is 1. The molecule has 2 aliphatic heterocycles. The lowest BCUT2D eigenvalue weighted by molar-refractivity contribution is 0.0365. The van der Waals surface area contributed by atoms with Crippen LogP contribution in [-0.2, 0) is 10.3 Å². The van der Waals surface area contributed by atoms with Gasteiger partial charge in [0, 0.05) is 50.3 Å². The van der Waals surface area contributed by atoms with E-state index in [-0.39, 0.29) is 17.6 Å². The molecule has 2 aromatic heterocycles. The molecule has 2 atom stereocenters. The van der Waals surface area contributed by atoms with E-state index in [4.69, 9.17) is 17.0 Å². The maximum absolute atomic E-state index is 5.79. The van der Waals surface area contributed by atoms with E-state index >= 15 is 0 Å². The van der Waals surface area contributed by atoms with Crippen LogP contribution in [0.5, 0.6) is 0 Å². The molecular weight excluding hydrogens is 394 g/mol. The smallest absolute Gasteiger partial charge is 0.170 e. The van der Waals surface area contributed by atoms with Crippen molar-refractivity contribution in [1.29, 1.82) is 0 Å². The molecule has 1 N–H and O–H groups in total. The van der Waals surface area contributed by atoms with E-state index in [1.807, 2.05) is 18.3 Å². The van der Waals surface area contributed by atoms with Crippen LogP contribution in [0.25, 0.3) is 0 Å². The Balaban J connectivity index is 1.55. The quantitative estimate of drug-likeness (QED) is 0.714. The van der Waals surface area contributed by atoms with Gasteiger partial charge in [0.05, 0.1) is 31.0 Å². The molecule has 4 rings (SSSR count). The van der Waals surface area contributed by atoms with Gasteiger partial charge in [-0.2, -0.15) is 0 Å². The van der Waals surface area contributed by atoms with Gasteiger partial charge in [0.15, 0.2) is 5.11 Å². The van der Waals surface area contributed by atoms with Crippen LogP contribution in [0.15, 0.2) is 42.9 Å². The summed E-state index contributed by atoms with van der Waals surface area (Å²) in [5.41, 5.74) is 2.36. The lowest BCUT2D eigenvalue weighted by Gasteiger charge is -2.30. The van der Waals surface area contributed by atoms with Crippen molar-refractivity contribution in [2.75, 3.05) is 39.4 Å². The van der Waals surface area contributed by atoms with Gasteiger partial charge >= 0.3 is 0 Å². The summed E-state index contributed by atoms with van der Waals surface area (Å²) in [6.45, 7) is 12.4. The molecule has 4 heterocycles. The molecule has 162 valence electrons. The van der Waals surface area contributed by atoms with Crippen molar-refractivity contribution in [2.45, 2.75) is 44.8 Å². The Morgan fingerprint density at radius 3 is 2.63 bits per heavy atom. The molecule has 2 aromatic rings. The number of morpholine rings is 1. The Labute approximate surface area is 185 Å². The third-order valence-corrected chi connectivity index (χ3v) is 6.36. The molecular formula is C23H33N5OS. The maximum Gasteiger partial charge on any atom is 0.170 e. The zero-order valence-electron chi connectivity index (χ0n) is 18.3. The van der Waals surface area contributed by atoms with Crippen LogP contribution in [0.2, 0.25) is 0 Å². The minimum absolute atomic E-state index is 0.0481. The van der Waals surface area contributed by atoms with Crippen molar-refractivity contribution >= 4 is 17.3 Å².